The predicted molar refractivity (Wildman–Crippen MR) is 108 cm³/mol. The standard InChI is InChI=1S/C21H17ClF3N3O2/c1-30-19-9-6-15(11-27-19)14-4-2-13(3-5-14)12-28(20(26)29)16-7-8-18(22)17(10-16)21(23,24)25/h2-11H,12H2,1H3,(H2,26,29). The lowest BCUT2D eigenvalue weighted by atomic mass is 10.1. The first-order chi connectivity index (χ1) is 14.2. The van der Waals surface area contributed by atoms with E-state index in [1.54, 1.807) is 24.4 Å². The van der Waals surface area contributed by atoms with Gasteiger partial charge >= 0.3 is 12.2 Å². The fourth-order valence-corrected chi connectivity index (χ4v) is 3.08. The lowest BCUT2D eigenvalue weighted by molar-refractivity contribution is -0.137. The summed E-state index contributed by atoms with van der Waals surface area (Å²) in [6.07, 6.45) is -2.99. The van der Waals surface area contributed by atoms with Crippen LogP contribution < -0.4 is 15.4 Å². The van der Waals surface area contributed by atoms with Gasteiger partial charge in [-0.25, -0.2) is 9.78 Å². The third-order valence-electron chi connectivity index (χ3n) is 4.41. The summed E-state index contributed by atoms with van der Waals surface area (Å²) in [6.45, 7) is -0.00456. The number of rotatable bonds is 5. The first-order valence-corrected chi connectivity index (χ1v) is 9.10. The number of methoxy groups -OCH3 is 1. The molecule has 0 bridgehead atoms. The second-order valence-electron chi connectivity index (χ2n) is 6.37. The number of benzene rings is 2. The van der Waals surface area contributed by atoms with Crippen LogP contribution >= 0.6 is 11.6 Å². The first kappa shape index (κ1) is 21.4. The van der Waals surface area contributed by atoms with Gasteiger partial charge in [0.2, 0.25) is 5.88 Å². The van der Waals surface area contributed by atoms with Gasteiger partial charge in [0.05, 0.1) is 24.2 Å². The van der Waals surface area contributed by atoms with Crippen LogP contribution in [-0.2, 0) is 12.7 Å². The van der Waals surface area contributed by atoms with Crippen LogP contribution in [0.2, 0.25) is 5.02 Å². The summed E-state index contributed by atoms with van der Waals surface area (Å²) in [5, 5.41) is -0.451. The zero-order valence-electron chi connectivity index (χ0n) is 15.8. The normalized spacial score (nSPS) is 11.2. The molecular formula is C21H17ClF3N3O2. The van der Waals surface area contributed by atoms with Gasteiger partial charge in [-0.05, 0) is 35.4 Å². The molecule has 3 aromatic rings. The van der Waals surface area contributed by atoms with Crippen LogP contribution in [0.25, 0.3) is 11.1 Å². The van der Waals surface area contributed by atoms with Gasteiger partial charge in [0.25, 0.3) is 0 Å². The molecule has 0 spiro atoms. The molecule has 0 atom stereocenters. The van der Waals surface area contributed by atoms with Gasteiger partial charge in [-0.2, -0.15) is 13.2 Å². The predicted octanol–water partition coefficient (Wildman–Crippen LogP) is 5.51. The maximum atomic E-state index is 13.1. The zero-order chi connectivity index (χ0) is 21.9. The zero-order valence-corrected chi connectivity index (χ0v) is 16.5. The van der Waals surface area contributed by atoms with E-state index in [0.717, 1.165) is 28.2 Å². The number of nitrogens with two attached hydrogens (primary N) is 1. The molecule has 2 N–H and O–H groups in total. The van der Waals surface area contributed by atoms with E-state index in [-0.39, 0.29) is 12.2 Å². The van der Waals surface area contributed by atoms with Crippen molar-refractivity contribution in [3.63, 3.8) is 0 Å². The number of amides is 2. The van der Waals surface area contributed by atoms with Crippen molar-refractivity contribution in [2.75, 3.05) is 12.0 Å². The molecule has 2 aromatic carbocycles. The van der Waals surface area contributed by atoms with Crippen LogP contribution in [0.5, 0.6) is 5.88 Å². The minimum absolute atomic E-state index is 0.00246. The van der Waals surface area contributed by atoms with Crippen molar-refractivity contribution in [1.29, 1.82) is 0 Å². The third kappa shape index (κ3) is 4.83. The summed E-state index contributed by atoms with van der Waals surface area (Å²) in [7, 11) is 1.53. The second kappa shape index (κ2) is 8.62. The highest BCUT2D eigenvalue weighted by atomic mass is 35.5. The molecule has 0 unspecified atom stereocenters. The average Bonchev–Trinajstić information content (AvgIpc) is 2.72. The topological polar surface area (TPSA) is 68.5 Å². The number of alkyl halides is 3. The minimum Gasteiger partial charge on any atom is -0.481 e. The van der Waals surface area contributed by atoms with Gasteiger partial charge in [-0.15, -0.1) is 0 Å². The number of ether oxygens (including phenoxy) is 1. The van der Waals surface area contributed by atoms with E-state index in [4.69, 9.17) is 22.1 Å². The Morgan fingerprint density at radius 2 is 1.77 bits per heavy atom. The fraction of sp³-hybridized carbons (Fsp3) is 0.143. The molecule has 9 heteroatoms. The summed E-state index contributed by atoms with van der Waals surface area (Å²) >= 11 is 5.65. The maximum Gasteiger partial charge on any atom is 0.417 e. The van der Waals surface area contributed by atoms with Crippen molar-refractivity contribution in [1.82, 2.24) is 4.98 Å². The highest BCUT2D eigenvalue weighted by molar-refractivity contribution is 6.31. The van der Waals surface area contributed by atoms with E-state index >= 15 is 0 Å². The van der Waals surface area contributed by atoms with Gasteiger partial charge in [-0.3, -0.25) is 4.90 Å². The summed E-state index contributed by atoms with van der Waals surface area (Å²) in [5.41, 5.74) is 6.81. The van der Waals surface area contributed by atoms with Crippen molar-refractivity contribution >= 4 is 23.3 Å². The highest BCUT2D eigenvalue weighted by Crippen LogP contribution is 2.37. The smallest absolute Gasteiger partial charge is 0.417 e. The number of carbonyl (C=O) groups is 1. The molecule has 1 heterocycles. The Morgan fingerprint density at radius 3 is 2.30 bits per heavy atom. The Hall–Kier alpha value is -3.26. The molecule has 0 fully saturated rings. The summed E-state index contributed by atoms with van der Waals surface area (Å²) < 4.78 is 44.5. The number of anilines is 1. The van der Waals surface area contributed by atoms with Crippen LogP contribution in [0.3, 0.4) is 0 Å². The number of carbonyl (C=O) groups excluding carboxylic acids is 1. The Labute approximate surface area is 175 Å². The highest BCUT2D eigenvalue weighted by Gasteiger charge is 2.34. The van der Waals surface area contributed by atoms with E-state index in [2.05, 4.69) is 4.98 Å². The monoisotopic (exact) mass is 435 g/mol. The van der Waals surface area contributed by atoms with Crippen molar-refractivity contribution in [2.24, 2.45) is 5.73 Å². The quantitative estimate of drug-likeness (QED) is 0.574. The van der Waals surface area contributed by atoms with Crippen LogP contribution in [0, 0.1) is 0 Å². The van der Waals surface area contributed by atoms with Gasteiger partial charge in [0.15, 0.2) is 0 Å². The Kier molecular flexibility index (Phi) is 6.17. The molecule has 156 valence electrons. The molecule has 0 aliphatic carbocycles. The van der Waals surface area contributed by atoms with Crippen LogP contribution in [0.1, 0.15) is 11.1 Å². The van der Waals surface area contributed by atoms with E-state index < -0.39 is 22.8 Å². The van der Waals surface area contributed by atoms with Crippen molar-refractivity contribution in [3.8, 4) is 17.0 Å². The molecule has 3 rings (SSSR count). The SMILES string of the molecule is COc1ccc(-c2ccc(CN(C(N)=O)c3ccc(Cl)c(C(F)(F)F)c3)cc2)cn1. The lowest BCUT2D eigenvalue weighted by Gasteiger charge is -2.22. The number of halogens is 4. The summed E-state index contributed by atoms with van der Waals surface area (Å²) in [6, 6.07) is 13.1. The molecule has 2 amide bonds. The van der Waals surface area contributed by atoms with Crippen LogP contribution in [0.4, 0.5) is 23.7 Å². The number of urea groups is 1. The Morgan fingerprint density at radius 1 is 1.10 bits per heavy atom. The molecule has 0 saturated carbocycles. The number of primary amides is 1. The molecule has 5 nitrogen and oxygen atoms in total. The first-order valence-electron chi connectivity index (χ1n) is 8.72. The Balaban J connectivity index is 1.84. The maximum absolute atomic E-state index is 13.1. The van der Waals surface area contributed by atoms with Crippen molar-refractivity contribution in [3.05, 3.63) is 76.9 Å². The molecule has 1 aromatic heterocycles. The minimum atomic E-state index is -4.65. The van der Waals surface area contributed by atoms with Crippen LogP contribution in [-0.4, -0.2) is 18.1 Å². The number of aromatic nitrogens is 1. The van der Waals surface area contributed by atoms with E-state index in [1.807, 2.05) is 18.2 Å². The van der Waals surface area contributed by atoms with Crippen molar-refractivity contribution < 1.29 is 22.7 Å². The average molecular weight is 436 g/mol. The van der Waals surface area contributed by atoms with Gasteiger partial charge in [0.1, 0.15) is 0 Å². The molecule has 0 aliphatic heterocycles. The molecule has 0 radical (unpaired) electrons. The lowest BCUT2D eigenvalue weighted by Crippen LogP contribution is -2.35. The van der Waals surface area contributed by atoms with Gasteiger partial charge < -0.3 is 10.5 Å². The molecule has 30 heavy (non-hydrogen) atoms. The summed E-state index contributed by atoms with van der Waals surface area (Å²) in [4.78, 5) is 17.1. The van der Waals surface area contributed by atoms with E-state index in [0.29, 0.717) is 11.4 Å². The second-order valence-corrected chi connectivity index (χ2v) is 6.78. The molecular weight excluding hydrogens is 419 g/mol. The largest absolute Gasteiger partial charge is 0.481 e. The number of pyridine rings is 1. The molecule has 0 aliphatic rings. The van der Waals surface area contributed by atoms with E-state index in [9.17, 15) is 18.0 Å². The fourth-order valence-electron chi connectivity index (χ4n) is 2.85. The number of hydrogen-bond donors (Lipinski definition) is 1. The summed E-state index contributed by atoms with van der Waals surface area (Å²) in [5.74, 6) is 0.494. The molecule has 0 saturated heterocycles. The van der Waals surface area contributed by atoms with Gasteiger partial charge in [-0.1, -0.05) is 35.9 Å². The van der Waals surface area contributed by atoms with Crippen molar-refractivity contribution in [2.45, 2.75) is 12.7 Å². The Bertz CT molecular complexity index is 1040. The van der Waals surface area contributed by atoms with Crippen LogP contribution in [0.15, 0.2) is 60.8 Å². The van der Waals surface area contributed by atoms with E-state index in [1.165, 1.54) is 13.2 Å². The number of nitrogens with zero attached hydrogens (tertiary/aromatic N) is 2. The third-order valence-corrected chi connectivity index (χ3v) is 4.74. The van der Waals surface area contributed by atoms with Gasteiger partial charge in [0, 0.05) is 23.5 Å². The number of hydrogen-bond acceptors (Lipinski definition) is 3.